The zero-order valence-corrected chi connectivity index (χ0v) is 14.6. The van der Waals surface area contributed by atoms with Crippen molar-refractivity contribution < 1.29 is 19.4 Å². The third kappa shape index (κ3) is 4.36. The van der Waals surface area contributed by atoms with Crippen LogP contribution >= 0.6 is 0 Å². The molecular formula is C17H26N4O4. The van der Waals surface area contributed by atoms with Gasteiger partial charge >= 0.3 is 5.97 Å². The van der Waals surface area contributed by atoms with Crippen LogP contribution in [0.25, 0.3) is 0 Å². The Morgan fingerprint density at radius 3 is 2.68 bits per heavy atom. The number of carboxylic acids is 1. The van der Waals surface area contributed by atoms with Crippen LogP contribution in [0.5, 0.6) is 0 Å². The van der Waals surface area contributed by atoms with Gasteiger partial charge in [0.05, 0.1) is 18.3 Å². The number of ether oxygens (including phenoxy) is 1. The number of carbonyl (C=O) groups excluding carboxylic acids is 1. The lowest BCUT2D eigenvalue weighted by atomic mass is 9.84. The van der Waals surface area contributed by atoms with Gasteiger partial charge in [0, 0.05) is 26.6 Å². The number of hydrogen-bond acceptors (Lipinski definition) is 5. The molecule has 8 heteroatoms. The summed E-state index contributed by atoms with van der Waals surface area (Å²) in [7, 11) is 1.75. The van der Waals surface area contributed by atoms with Gasteiger partial charge in [0.15, 0.2) is 5.69 Å². The van der Waals surface area contributed by atoms with Gasteiger partial charge in [0.1, 0.15) is 0 Å². The van der Waals surface area contributed by atoms with E-state index in [1.807, 2.05) is 4.90 Å². The lowest BCUT2D eigenvalue weighted by molar-refractivity contribution is -0.134. The van der Waals surface area contributed by atoms with Crippen molar-refractivity contribution in [1.82, 2.24) is 19.9 Å². The number of likely N-dealkylation sites (tertiary alicyclic amines) is 1. The third-order valence-electron chi connectivity index (χ3n) is 5.45. The fraction of sp³-hybridized carbons (Fsp3) is 0.765. The predicted octanol–water partition coefficient (Wildman–Crippen LogP) is 1.74. The zero-order chi connectivity index (χ0) is 17.8. The van der Waals surface area contributed by atoms with Gasteiger partial charge in [-0.15, -0.1) is 5.10 Å². The van der Waals surface area contributed by atoms with E-state index >= 15 is 0 Å². The lowest BCUT2D eigenvalue weighted by Crippen LogP contribution is -2.40. The highest BCUT2D eigenvalue weighted by Gasteiger charge is 2.29. The fourth-order valence-corrected chi connectivity index (χ4v) is 3.95. The van der Waals surface area contributed by atoms with Gasteiger partial charge in [-0.2, -0.15) is 0 Å². The summed E-state index contributed by atoms with van der Waals surface area (Å²) in [6, 6.07) is 0.109. The summed E-state index contributed by atoms with van der Waals surface area (Å²) < 4.78 is 7.07. The number of rotatable bonds is 5. The molecule has 25 heavy (non-hydrogen) atoms. The van der Waals surface area contributed by atoms with Gasteiger partial charge in [0.2, 0.25) is 5.91 Å². The number of hydrogen-bond donors (Lipinski definition) is 1. The highest BCUT2D eigenvalue weighted by Crippen LogP contribution is 2.30. The van der Waals surface area contributed by atoms with Crippen molar-refractivity contribution in [3.63, 3.8) is 0 Å². The first-order valence-electron chi connectivity index (χ1n) is 9.02. The number of carboxylic acid groups (broad SMARTS) is 1. The second-order valence-corrected chi connectivity index (χ2v) is 7.10. The Morgan fingerprint density at radius 2 is 2.04 bits per heavy atom. The number of carbonyl (C=O) groups is 2. The van der Waals surface area contributed by atoms with Crippen LogP contribution < -0.4 is 0 Å². The van der Waals surface area contributed by atoms with Crippen LogP contribution in [0.2, 0.25) is 0 Å². The molecule has 2 fully saturated rings. The molecule has 0 bridgehead atoms. The van der Waals surface area contributed by atoms with Crippen molar-refractivity contribution in [2.45, 2.75) is 57.1 Å². The summed E-state index contributed by atoms with van der Waals surface area (Å²) in [5, 5.41) is 16.5. The topological polar surface area (TPSA) is 97.5 Å². The standard InChI is InChI=1S/C17H26N4O4/c1-25-14-4-2-3-12(9-14)10-16(22)20-7-5-13(6-8-20)21-11-15(17(23)24)18-19-21/h11-14H,2-10H2,1H3,(H,23,24). The minimum Gasteiger partial charge on any atom is -0.476 e. The molecule has 0 spiro atoms. The third-order valence-corrected chi connectivity index (χ3v) is 5.45. The Kier molecular flexibility index (Phi) is 5.67. The van der Waals surface area contributed by atoms with E-state index in [0.29, 0.717) is 31.5 Å². The molecule has 1 saturated carbocycles. The van der Waals surface area contributed by atoms with Crippen LogP contribution in [0, 0.1) is 5.92 Å². The summed E-state index contributed by atoms with van der Waals surface area (Å²) in [6.07, 6.45) is 8.26. The van der Waals surface area contributed by atoms with Gasteiger partial charge in [-0.1, -0.05) is 11.6 Å². The molecule has 0 aromatic carbocycles. The van der Waals surface area contributed by atoms with Crippen LogP contribution in [-0.4, -0.2) is 63.2 Å². The highest BCUT2D eigenvalue weighted by atomic mass is 16.5. The first kappa shape index (κ1) is 17.8. The summed E-state index contributed by atoms with van der Waals surface area (Å²) in [4.78, 5) is 25.4. The van der Waals surface area contributed by atoms with Crippen LogP contribution in [0.15, 0.2) is 6.20 Å². The Bertz CT molecular complexity index is 610. The molecule has 1 aliphatic carbocycles. The molecule has 8 nitrogen and oxygen atoms in total. The molecule has 1 aromatic rings. The summed E-state index contributed by atoms with van der Waals surface area (Å²) in [5.74, 6) is -0.414. The van der Waals surface area contributed by atoms with E-state index in [1.165, 1.54) is 6.20 Å². The smallest absolute Gasteiger partial charge is 0.358 e. The predicted molar refractivity (Wildman–Crippen MR) is 89.2 cm³/mol. The molecule has 2 atom stereocenters. The molecule has 0 radical (unpaired) electrons. The Morgan fingerprint density at radius 1 is 1.28 bits per heavy atom. The zero-order valence-electron chi connectivity index (χ0n) is 14.6. The van der Waals surface area contributed by atoms with Crippen molar-refractivity contribution in [2.24, 2.45) is 5.92 Å². The molecular weight excluding hydrogens is 324 g/mol. The second kappa shape index (κ2) is 7.95. The largest absolute Gasteiger partial charge is 0.476 e. The minimum absolute atomic E-state index is 0.0384. The molecule has 3 rings (SSSR count). The molecule has 2 heterocycles. The summed E-state index contributed by atoms with van der Waals surface area (Å²) >= 11 is 0. The van der Waals surface area contributed by atoms with Gasteiger partial charge in [-0.3, -0.25) is 4.79 Å². The number of aromatic carboxylic acids is 1. The van der Waals surface area contributed by atoms with E-state index < -0.39 is 5.97 Å². The molecule has 2 aliphatic rings. The van der Waals surface area contributed by atoms with Crippen LogP contribution in [0.4, 0.5) is 0 Å². The quantitative estimate of drug-likeness (QED) is 0.868. The van der Waals surface area contributed by atoms with E-state index in [2.05, 4.69) is 10.3 Å². The molecule has 1 N–H and O–H groups in total. The first-order chi connectivity index (χ1) is 12.1. The van der Waals surface area contributed by atoms with Gasteiger partial charge in [0.25, 0.3) is 0 Å². The Labute approximate surface area is 147 Å². The van der Waals surface area contributed by atoms with Crippen LogP contribution in [0.3, 0.4) is 0 Å². The van der Waals surface area contributed by atoms with Gasteiger partial charge in [-0.25, -0.2) is 9.48 Å². The number of amides is 1. The molecule has 1 saturated heterocycles. The van der Waals surface area contributed by atoms with Crippen LogP contribution in [-0.2, 0) is 9.53 Å². The average Bonchev–Trinajstić information content (AvgIpc) is 3.12. The Balaban J connectivity index is 1.48. The highest BCUT2D eigenvalue weighted by molar-refractivity contribution is 5.84. The SMILES string of the molecule is COC1CCCC(CC(=O)N2CCC(n3cc(C(=O)O)nn3)CC2)C1. The number of nitrogens with zero attached hydrogens (tertiary/aromatic N) is 4. The molecule has 1 amide bonds. The first-order valence-corrected chi connectivity index (χ1v) is 9.02. The minimum atomic E-state index is -1.07. The van der Waals surface area contributed by atoms with Gasteiger partial charge in [-0.05, 0) is 38.0 Å². The second-order valence-electron chi connectivity index (χ2n) is 7.10. The summed E-state index contributed by atoms with van der Waals surface area (Å²) in [5.41, 5.74) is -0.0384. The van der Waals surface area contributed by atoms with Crippen molar-refractivity contribution in [3.8, 4) is 0 Å². The average molecular weight is 350 g/mol. The van der Waals surface area contributed by atoms with E-state index in [1.54, 1.807) is 11.8 Å². The van der Waals surface area contributed by atoms with E-state index in [9.17, 15) is 9.59 Å². The Hall–Kier alpha value is -1.96. The molecule has 2 unspecified atom stereocenters. The van der Waals surface area contributed by atoms with Crippen molar-refractivity contribution in [2.75, 3.05) is 20.2 Å². The molecule has 1 aromatic heterocycles. The number of methoxy groups -OCH3 is 1. The normalized spacial score (nSPS) is 25.1. The maximum absolute atomic E-state index is 12.6. The maximum atomic E-state index is 12.6. The molecule has 1 aliphatic heterocycles. The fourth-order valence-electron chi connectivity index (χ4n) is 3.95. The summed E-state index contributed by atoms with van der Waals surface area (Å²) in [6.45, 7) is 1.37. The number of piperidine rings is 1. The van der Waals surface area contributed by atoms with Crippen molar-refractivity contribution >= 4 is 11.9 Å². The van der Waals surface area contributed by atoms with Crippen LogP contribution in [0.1, 0.15) is 61.5 Å². The van der Waals surface area contributed by atoms with Crippen molar-refractivity contribution in [3.05, 3.63) is 11.9 Å². The van der Waals surface area contributed by atoms with E-state index in [0.717, 1.165) is 38.5 Å². The number of aromatic nitrogens is 3. The van der Waals surface area contributed by atoms with E-state index in [-0.39, 0.29) is 17.6 Å². The molecule has 138 valence electrons. The van der Waals surface area contributed by atoms with Crippen molar-refractivity contribution in [1.29, 1.82) is 0 Å². The van der Waals surface area contributed by atoms with Gasteiger partial charge < -0.3 is 14.7 Å². The lowest BCUT2D eigenvalue weighted by Gasteiger charge is -2.34. The van der Waals surface area contributed by atoms with E-state index in [4.69, 9.17) is 9.84 Å². The maximum Gasteiger partial charge on any atom is 0.358 e. The monoisotopic (exact) mass is 350 g/mol.